The van der Waals surface area contributed by atoms with Crippen LogP contribution in [0.1, 0.15) is 17.5 Å². The van der Waals surface area contributed by atoms with Gasteiger partial charge in [-0.1, -0.05) is 6.07 Å². The van der Waals surface area contributed by atoms with Crippen LogP contribution in [0.3, 0.4) is 0 Å². The Balaban J connectivity index is 2.10. The van der Waals surface area contributed by atoms with Crippen LogP contribution in [0.5, 0.6) is 0 Å². The zero-order chi connectivity index (χ0) is 12.3. The smallest absolute Gasteiger partial charge is 0.302 e. The Bertz CT molecular complexity index is 520. The van der Waals surface area contributed by atoms with Gasteiger partial charge in [-0.25, -0.2) is 4.98 Å². The lowest BCUT2D eigenvalue weighted by molar-refractivity contribution is -0.142. The molecule has 0 fully saturated rings. The number of rotatable bonds is 3. The molecule has 0 radical (unpaired) electrons. The SMILES string of the molecule is CC(=O)OCc1ccc(-c2cnc(C)s2)nc1. The number of carbonyl (C=O) groups excluding carboxylic acids is 1. The zero-order valence-corrected chi connectivity index (χ0v) is 10.5. The summed E-state index contributed by atoms with van der Waals surface area (Å²) in [5.41, 5.74) is 1.77. The molecule has 4 nitrogen and oxygen atoms in total. The Morgan fingerprint density at radius 3 is 2.71 bits per heavy atom. The minimum Gasteiger partial charge on any atom is -0.461 e. The fourth-order valence-electron chi connectivity index (χ4n) is 1.32. The number of ether oxygens (including phenoxy) is 1. The van der Waals surface area contributed by atoms with Crippen molar-refractivity contribution in [3.05, 3.63) is 35.1 Å². The molecule has 2 rings (SSSR count). The molecule has 0 aliphatic heterocycles. The molecular weight excluding hydrogens is 236 g/mol. The van der Waals surface area contributed by atoms with Crippen LogP contribution in [0.4, 0.5) is 0 Å². The second-order valence-electron chi connectivity index (χ2n) is 3.58. The van der Waals surface area contributed by atoms with Crippen molar-refractivity contribution in [3.8, 4) is 10.6 Å². The van der Waals surface area contributed by atoms with Crippen molar-refractivity contribution in [2.75, 3.05) is 0 Å². The van der Waals surface area contributed by atoms with Gasteiger partial charge in [0, 0.05) is 24.9 Å². The highest BCUT2D eigenvalue weighted by Crippen LogP contribution is 2.23. The Morgan fingerprint density at radius 1 is 1.35 bits per heavy atom. The summed E-state index contributed by atoms with van der Waals surface area (Å²) >= 11 is 1.61. The van der Waals surface area contributed by atoms with Crippen LogP contribution in [0.25, 0.3) is 10.6 Å². The number of aromatic nitrogens is 2. The third-order valence-corrected chi connectivity index (χ3v) is 3.08. The average molecular weight is 248 g/mol. The van der Waals surface area contributed by atoms with Gasteiger partial charge in [-0.15, -0.1) is 11.3 Å². The number of carbonyl (C=O) groups is 1. The lowest BCUT2D eigenvalue weighted by Gasteiger charge is -2.02. The van der Waals surface area contributed by atoms with Gasteiger partial charge < -0.3 is 4.74 Å². The van der Waals surface area contributed by atoms with Crippen LogP contribution in [-0.2, 0) is 16.1 Å². The van der Waals surface area contributed by atoms with E-state index < -0.39 is 0 Å². The summed E-state index contributed by atoms with van der Waals surface area (Å²) in [6, 6.07) is 3.81. The van der Waals surface area contributed by atoms with Gasteiger partial charge in [0.1, 0.15) is 6.61 Å². The maximum absolute atomic E-state index is 10.7. The van der Waals surface area contributed by atoms with Gasteiger partial charge in [-0.2, -0.15) is 0 Å². The number of hydrogen-bond donors (Lipinski definition) is 0. The molecule has 0 amide bonds. The summed E-state index contributed by atoms with van der Waals surface area (Å²) in [6.45, 7) is 3.62. The molecule has 0 atom stereocenters. The van der Waals surface area contributed by atoms with E-state index in [0.29, 0.717) is 0 Å². The molecule has 5 heteroatoms. The van der Waals surface area contributed by atoms with E-state index in [1.807, 2.05) is 25.3 Å². The van der Waals surface area contributed by atoms with Crippen molar-refractivity contribution in [3.63, 3.8) is 0 Å². The lowest BCUT2D eigenvalue weighted by atomic mass is 10.2. The van der Waals surface area contributed by atoms with Crippen molar-refractivity contribution in [1.82, 2.24) is 9.97 Å². The van der Waals surface area contributed by atoms with Crippen LogP contribution >= 0.6 is 11.3 Å². The summed E-state index contributed by atoms with van der Waals surface area (Å²) in [7, 11) is 0. The van der Waals surface area contributed by atoms with Crippen molar-refractivity contribution >= 4 is 17.3 Å². The van der Waals surface area contributed by atoms with E-state index in [0.717, 1.165) is 21.1 Å². The van der Waals surface area contributed by atoms with E-state index in [1.54, 1.807) is 17.5 Å². The third-order valence-electron chi connectivity index (χ3n) is 2.14. The first-order valence-electron chi connectivity index (χ1n) is 5.16. The molecule has 2 heterocycles. The Labute approximate surface area is 103 Å². The number of nitrogens with zero attached hydrogens (tertiary/aromatic N) is 2. The normalized spacial score (nSPS) is 10.2. The average Bonchev–Trinajstić information content (AvgIpc) is 2.74. The Kier molecular flexibility index (Phi) is 3.49. The van der Waals surface area contributed by atoms with E-state index >= 15 is 0 Å². The second kappa shape index (κ2) is 5.05. The van der Waals surface area contributed by atoms with Crippen LogP contribution in [0, 0.1) is 6.92 Å². The maximum atomic E-state index is 10.7. The molecule has 2 aromatic rings. The van der Waals surface area contributed by atoms with Crippen LogP contribution in [-0.4, -0.2) is 15.9 Å². The van der Waals surface area contributed by atoms with Gasteiger partial charge in [0.25, 0.3) is 0 Å². The van der Waals surface area contributed by atoms with Gasteiger partial charge in [0.15, 0.2) is 0 Å². The molecule has 0 aromatic carbocycles. The summed E-state index contributed by atoms with van der Waals surface area (Å²) in [5.74, 6) is -0.285. The first kappa shape index (κ1) is 11.7. The van der Waals surface area contributed by atoms with E-state index in [4.69, 9.17) is 4.74 Å². The Morgan fingerprint density at radius 2 is 2.18 bits per heavy atom. The zero-order valence-electron chi connectivity index (χ0n) is 9.64. The Hall–Kier alpha value is -1.75. The standard InChI is InChI=1S/C12H12N2O2S/c1-8-13-6-12(17-8)11-4-3-10(5-14-11)7-16-9(2)15/h3-6H,7H2,1-2H3. The van der Waals surface area contributed by atoms with Crippen molar-refractivity contribution in [1.29, 1.82) is 0 Å². The fraction of sp³-hybridized carbons (Fsp3) is 0.250. The molecular formula is C12H12N2O2S. The molecule has 88 valence electrons. The van der Waals surface area contributed by atoms with Gasteiger partial charge in [0.2, 0.25) is 0 Å². The van der Waals surface area contributed by atoms with E-state index in [-0.39, 0.29) is 12.6 Å². The molecule has 0 N–H and O–H groups in total. The van der Waals surface area contributed by atoms with Gasteiger partial charge in [0.05, 0.1) is 15.6 Å². The molecule has 0 spiro atoms. The molecule has 2 aromatic heterocycles. The highest BCUT2D eigenvalue weighted by atomic mass is 32.1. The van der Waals surface area contributed by atoms with E-state index in [2.05, 4.69) is 9.97 Å². The number of hydrogen-bond acceptors (Lipinski definition) is 5. The third kappa shape index (κ3) is 3.10. The topological polar surface area (TPSA) is 52.1 Å². The van der Waals surface area contributed by atoms with Crippen LogP contribution in [0.2, 0.25) is 0 Å². The van der Waals surface area contributed by atoms with Gasteiger partial charge >= 0.3 is 5.97 Å². The molecule has 0 aliphatic carbocycles. The summed E-state index contributed by atoms with van der Waals surface area (Å²) in [4.78, 5) is 20.2. The first-order valence-corrected chi connectivity index (χ1v) is 5.98. The number of aryl methyl sites for hydroxylation is 1. The largest absolute Gasteiger partial charge is 0.461 e. The predicted octanol–water partition coefficient (Wildman–Crippen LogP) is 2.58. The monoisotopic (exact) mass is 248 g/mol. The molecule has 0 saturated carbocycles. The van der Waals surface area contributed by atoms with Gasteiger partial charge in [-0.05, 0) is 13.0 Å². The summed E-state index contributed by atoms with van der Waals surface area (Å²) in [6.07, 6.45) is 3.53. The van der Waals surface area contributed by atoms with E-state index in [1.165, 1.54) is 6.92 Å². The van der Waals surface area contributed by atoms with Crippen molar-refractivity contribution in [2.24, 2.45) is 0 Å². The highest BCUT2D eigenvalue weighted by molar-refractivity contribution is 7.15. The fourth-order valence-corrected chi connectivity index (χ4v) is 2.07. The molecule has 0 aliphatic rings. The van der Waals surface area contributed by atoms with Crippen molar-refractivity contribution < 1.29 is 9.53 Å². The first-order chi connectivity index (χ1) is 8.15. The number of esters is 1. The minimum absolute atomic E-state index is 0.268. The molecule has 0 unspecified atom stereocenters. The molecule has 0 bridgehead atoms. The van der Waals surface area contributed by atoms with Crippen LogP contribution < -0.4 is 0 Å². The van der Waals surface area contributed by atoms with E-state index in [9.17, 15) is 4.79 Å². The molecule has 17 heavy (non-hydrogen) atoms. The predicted molar refractivity (Wildman–Crippen MR) is 65.6 cm³/mol. The minimum atomic E-state index is -0.285. The summed E-state index contributed by atoms with van der Waals surface area (Å²) < 4.78 is 4.89. The maximum Gasteiger partial charge on any atom is 0.302 e. The van der Waals surface area contributed by atoms with Gasteiger partial charge in [-0.3, -0.25) is 9.78 Å². The summed E-state index contributed by atoms with van der Waals surface area (Å²) in [5, 5.41) is 1.02. The quantitative estimate of drug-likeness (QED) is 0.783. The second-order valence-corrected chi connectivity index (χ2v) is 4.81. The lowest BCUT2D eigenvalue weighted by Crippen LogP contribution is -1.99. The van der Waals surface area contributed by atoms with Crippen molar-refractivity contribution in [2.45, 2.75) is 20.5 Å². The number of thiazole rings is 1. The highest BCUT2D eigenvalue weighted by Gasteiger charge is 2.03. The molecule has 0 saturated heterocycles. The number of pyridine rings is 1. The van der Waals surface area contributed by atoms with Crippen LogP contribution in [0.15, 0.2) is 24.5 Å².